The van der Waals surface area contributed by atoms with E-state index in [0.29, 0.717) is 60.0 Å². The molecule has 0 saturated carbocycles. The molecule has 0 radical (unpaired) electrons. The summed E-state index contributed by atoms with van der Waals surface area (Å²) in [5, 5.41) is 5.57. The number of fused-ring (bicyclic) bond motifs is 1. The molecule has 9 nitrogen and oxygen atoms in total. The lowest BCUT2D eigenvalue weighted by molar-refractivity contribution is -0.127. The minimum Gasteiger partial charge on any atom is -0.444 e. The van der Waals surface area contributed by atoms with Crippen LogP contribution in [0.3, 0.4) is 0 Å². The molecule has 0 aliphatic carbocycles. The molecule has 0 unspecified atom stereocenters. The standard InChI is InChI=1S/C28H35N5O4/c1-5-33(15-9-14-30-27(36)37-28(2,3)4)26(35)21-16-19-12-13-20(17-23(19)32-24(29)18-21)25(34)31-22-10-7-6-8-11-22/h6-8,10-13,16-17H,5,9,14-15,18H2,1-4H3,(H2,29,32)(H,30,36)(H,31,34). The number of alkyl carbamates (subject to hydrolysis) is 1. The third-order valence-corrected chi connectivity index (χ3v) is 5.51. The van der Waals surface area contributed by atoms with Gasteiger partial charge in [0, 0.05) is 48.4 Å². The van der Waals surface area contributed by atoms with E-state index in [2.05, 4.69) is 15.6 Å². The van der Waals surface area contributed by atoms with E-state index < -0.39 is 11.7 Å². The highest BCUT2D eigenvalue weighted by molar-refractivity contribution is 6.07. The largest absolute Gasteiger partial charge is 0.444 e. The first kappa shape index (κ1) is 27.4. The molecule has 37 heavy (non-hydrogen) atoms. The second kappa shape index (κ2) is 12.2. The number of rotatable bonds is 8. The van der Waals surface area contributed by atoms with Crippen LogP contribution >= 0.6 is 0 Å². The summed E-state index contributed by atoms with van der Waals surface area (Å²) in [6.07, 6.45) is 2.07. The molecule has 0 saturated heterocycles. The number of carbonyl (C=O) groups is 3. The molecule has 0 atom stereocenters. The molecule has 0 fully saturated rings. The Morgan fingerprint density at radius 3 is 2.51 bits per heavy atom. The van der Waals surface area contributed by atoms with Crippen LogP contribution in [0.5, 0.6) is 0 Å². The number of amidine groups is 1. The summed E-state index contributed by atoms with van der Waals surface area (Å²) < 4.78 is 5.23. The summed E-state index contributed by atoms with van der Waals surface area (Å²) in [6.45, 7) is 8.67. The number of hydrogen-bond donors (Lipinski definition) is 3. The van der Waals surface area contributed by atoms with E-state index in [-0.39, 0.29) is 18.2 Å². The van der Waals surface area contributed by atoms with Gasteiger partial charge in [0.25, 0.3) is 5.91 Å². The first-order chi connectivity index (χ1) is 17.6. The van der Waals surface area contributed by atoms with Crippen LogP contribution in [-0.2, 0) is 9.53 Å². The average Bonchev–Trinajstić information content (AvgIpc) is 3.00. The van der Waals surface area contributed by atoms with Gasteiger partial charge in [-0.25, -0.2) is 9.79 Å². The average molecular weight is 506 g/mol. The first-order valence-corrected chi connectivity index (χ1v) is 12.4. The number of nitrogens with two attached hydrogens (primary N) is 1. The van der Waals surface area contributed by atoms with E-state index >= 15 is 0 Å². The Hall–Kier alpha value is -4.14. The summed E-state index contributed by atoms with van der Waals surface area (Å²) in [7, 11) is 0. The highest BCUT2D eigenvalue weighted by Crippen LogP contribution is 2.28. The van der Waals surface area contributed by atoms with Gasteiger partial charge in [0.05, 0.1) is 5.69 Å². The molecular weight excluding hydrogens is 470 g/mol. The Labute approximate surface area is 217 Å². The summed E-state index contributed by atoms with van der Waals surface area (Å²) >= 11 is 0. The first-order valence-electron chi connectivity index (χ1n) is 12.4. The maximum absolute atomic E-state index is 13.3. The number of anilines is 1. The second-order valence-electron chi connectivity index (χ2n) is 9.71. The Kier molecular flexibility index (Phi) is 9.05. The minimum absolute atomic E-state index is 0.142. The molecule has 0 aromatic heterocycles. The lowest BCUT2D eigenvalue weighted by atomic mass is 10.0. The smallest absolute Gasteiger partial charge is 0.407 e. The van der Waals surface area contributed by atoms with Crippen molar-refractivity contribution >= 4 is 41.2 Å². The SMILES string of the molecule is CCN(CCCNC(=O)OC(C)(C)C)C(=O)C1=Cc2ccc(C(=O)Nc3ccccc3)cc2N=C(N)C1. The molecule has 0 spiro atoms. The highest BCUT2D eigenvalue weighted by atomic mass is 16.6. The van der Waals surface area contributed by atoms with E-state index in [4.69, 9.17) is 10.5 Å². The van der Waals surface area contributed by atoms with Crippen molar-refractivity contribution in [3.63, 3.8) is 0 Å². The van der Waals surface area contributed by atoms with Crippen molar-refractivity contribution in [1.29, 1.82) is 0 Å². The number of likely N-dealkylation sites (N-methyl/N-ethyl adjacent to an activating group) is 1. The second-order valence-corrected chi connectivity index (χ2v) is 9.71. The van der Waals surface area contributed by atoms with Crippen LogP contribution < -0.4 is 16.4 Å². The fourth-order valence-electron chi connectivity index (χ4n) is 3.77. The molecule has 2 aromatic carbocycles. The number of aliphatic imine (C=N–C) groups is 1. The zero-order valence-electron chi connectivity index (χ0n) is 21.8. The zero-order chi connectivity index (χ0) is 27.0. The minimum atomic E-state index is -0.564. The summed E-state index contributed by atoms with van der Waals surface area (Å²) in [5.74, 6) is -0.109. The number of amides is 3. The molecule has 9 heteroatoms. The van der Waals surface area contributed by atoms with Gasteiger partial charge in [-0.3, -0.25) is 9.59 Å². The van der Waals surface area contributed by atoms with Crippen LogP contribution in [0, 0.1) is 0 Å². The van der Waals surface area contributed by atoms with Gasteiger partial charge in [-0.05, 0) is 64.5 Å². The van der Waals surface area contributed by atoms with Gasteiger partial charge in [-0.15, -0.1) is 0 Å². The number of ether oxygens (including phenoxy) is 1. The van der Waals surface area contributed by atoms with Crippen molar-refractivity contribution in [2.75, 3.05) is 25.0 Å². The van der Waals surface area contributed by atoms with Gasteiger partial charge in [0.1, 0.15) is 11.4 Å². The van der Waals surface area contributed by atoms with Gasteiger partial charge < -0.3 is 26.0 Å². The predicted octanol–water partition coefficient (Wildman–Crippen LogP) is 4.48. The van der Waals surface area contributed by atoms with E-state index in [1.165, 1.54) is 0 Å². The van der Waals surface area contributed by atoms with Gasteiger partial charge in [0.2, 0.25) is 5.91 Å². The van der Waals surface area contributed by atoms with Crippen molar-refractivity contribution in [1.82, 2.24) is 10.2 Å². The molecule has 0 bridgehead atoms. The van der Waals surface area contributed by atoms with Crippen molar-refractivity contribution in [3.8, 4) is 0 Å². The van der Waals surface area contributed by atoms with Crippen molar-refractivity contribution < 1.29 is 19.1 Å². The quantitative estimate of drug-likeness (QED) is 0.456. The molecule has 196 valence electrons. The monoisotopic (exact) mass is 505 g/mol. The number of carbonyl (C=O) groups excluding carboxylic acids is 3. The summed E-state index contributed by atoms with van der Waals surface area (Å²) in [5.41, 5.74) is 8.48. The Bertz CT molecular complexity index is 1200. The molecular formula is C28H35N5O4. The molecule has 3 rings (SSSR count). The van der Waals surface area contributed by atoms with Gasteiger partial charge >= 0.3 is 6.09 Å². The van der Waals surface area contributed by atoms with Gasteiger partial charge in [-0.1, -0.05) is 24.3 Å². The third kappa shape index (κ3) is 8.20. The summed E-state index contributed by atoms with van der Waals surface area (Å²) in [6, 6.07) is 14.3. The van der Waals surface area contributed by atoms with Crippen LogP contribution in [0.25, 0.3) is 6.08 Å². The molecule has 1 aliphatic heterocycles. The number of benzene rings is 2. The van der Waals surface area contributed by atoms with E-state index in [1.54, 1.807) is 49.9 Å². The van der Waals surface area contributed by atoms with E-state index in [9.17, 15) is 14.4 Å². The zero-order valence-corrected chi connectivity index (χ0v) is 21.8. The van der Waals surface area contributed by atoms with Crippen LogP contribution in [-0.4, -0.2) is 53.9 Å². The third-order valence-electron chi connectivity index (χ3n) is 5.51. The van der Waals surface area contributed by atoms with Gasteiger partial charge in [-0.2, -0.15) is 0 Å². The van der Waals surface area contributed by atoms with Crippen molar-refractivity contribution in [3.05, 3.63) is 65.2 Å². The Balaban J connectivity index is 1.67. The summed E-state index contributed by atoms with van der Waals surface area (Å²) in [4.78, 5) is 44.0. The Morgan fingerprint density at radius 2 is 1.84 bits per heavy atom. The normalized spacial score (nSPS) is 12.9. The fourth-order valence-corrected chi connectivity index (χ4v) is 3.77. The van der Waals surface area contributed by atoms with Crippen LogP contribution in [0.4, 0.5) is 16.2 Å². The topological polar surface area (TPSA) is 126 Å². The predicted molar refractivity (Wildman–Crippen MR) is 146 cm³/mol. The van der Waals surface area contributed by atoms with E-state index in [1.807, 2.05) is 37.3 Å². The van der Waals surface area contributed by atoms with Crippen LogP contribution in [0.15, 0.2) is 59.1 Å². The number of nitrogens with zero attached hydrogens (tertiary/aromatic N) is 2. The van der Waals surface area contributed by atoms with Crippen LogP contribution in [0.2, 0.25) is 0 Å². The van der Waals surface area contributed by atoms with Crippen molar-refractivity contribution in [2.24, 2.45) is 10.7 Å². The molecule has 4 N–H and O–H groups in total. The molecule has 1 heterocycles. The van der Waals surface area contributed by atoms with Gasteiger partial charge in [0.15, 0.2) is 0 Å². The highest BCUT2D eigenvalue weighted by Gasteiger charge is 2.22. The lowest BCUT2D eigenvalue weighted by Gasteiger charge is -2.23. The number of nitrogens with one attached hydrogen (secondary N) is 2. The molecule has 3 amide bonds. The number of hydrogen-bond acceptors (Lipinski definition) is 6. The lowest BCUT2D eigenvalue weighted by Crippen LogP contribution is -2.37. The fraction of sp³-hybridized carbons (Fsp3) is 0.357. The Morgan fingerprint density at radius 1 is 1.11 bits per heavy atom. The molecule has 1 aliphatic rings. The van der Waals surface area contributed by atoms with E-state index in [0.717, 1.165) is 0 Å². The van der Waals surface area contributed by atoms with Crippen LogP contribution in [0.1, 0.15) is 56.5 Å². The maximum Gasteiger partial charge on any atom is 0.407 e. The molecule has 2 aromatic rings. The number of para-hydroxylation sites is 1. The maximum atomic E-state index is 13.3. The van der Waals surface area contributed by atoms with Crippen molar-refractivity contribution in [2.45, 2.75) is 46.1 Å².